The standard InChI is InChI=1S/C14H22ClNO/c1-4-5-8-17-14-7-6-13(15)9-12(14)10-16-11(2)3/h6-7,9,11,16H,4-5,8,10H2,1-3H3. The fourth-order valence-electron chi connectivity index (χ4n) is 1.47. The minimum atomic E-state index is 0.456. The van der Waals surface area contributed by atoms with Gasteiger partial charge in [0.05, 0.1) is 6.61 Å². The van der Waals surface area contributed by atoms with Gasteiger partial charge in [0.15, 0.2) is 0 Å². The van der Waals surface area contributed by atoms with Crippen molar-refractivity contribution in [3.8, 4) is 5.75 Å². The molecule has 3 heteroatoms. The Bertz CT molecular complexity index is 339. The van der Waals surface area contributed by atoms with Crippen LogP contribution in [-0.4, -0.2) is 12.6 Å². The van der Waals surface area contributed by atoms with Crippen molar-refractivity contribution in [1.82, 2.24) is 5.32 Å². The summed E-state index contributed by atoms with van der Waals surface area (Å²) in [5.41, 5.74) is 1.13. The van der Waals surface area contributed by atoms with Crippen LogP contribution in [0.3, 0.4) is 0 Å². The minimum absolute atomic E-state index is 0.456. The summed E-state index contributed by atoms with van der Waals surface area (Å²) in [7, 11) is 0. The monoisotopic (exact) mass is 255 g/mol. The Kier molecular flexibility index (Phi) is 6.38. The van der Waals surface area contributed by atoms with E-state index in [4.69, 9.17) is 16.3 Å². The number of hydrogen-bond donors (Lipinski definition) is 1. The summed E-state index contributed by atoms with van der Waals surface area (Å²) in [6.45, 7) is 7.98. The van der Waals surface area contributed by atoms with Crippen molar-refractivity contribution in [3.63, 3.8) is 0 Å². The van der Waals surface area contributed by atoms with E-state index in [0.717, 1.165) is 42.3 Å². The van der Waals surface area contributed by atoms with Crippen molar-refractivity contribution in [2.24, 2.45) is 0 Å². The first kappa shape index (κ1) is 14.3. The molecule has 0 fully saturated rings. The van der Waals surface area contributed by atoms with Crippen LogP contribution < -0.4 is 10.1 Å². The molecule has 0 radical (unpaired) electrons. The molecule has 0 spiro atoms. The van der Waals surface area contributed by atoms with E-state index in [2.05, 4.69) is 26.1 Å². The molecule has 0 atom stereocenters. The Morgan fingerprint density at radius 3 is 2.76 bits per heavy atom. The predicted octanol–water partition coefficient (Wildman–Crippen LogP) is 4.02. The Labute approximate surface area is 109 Å². The van der Waals surface area contributed by atoms with E-state index < -0.39 is 0 Å². The molecule has 96 valence electrons. The van der Waals surface area contributed by atoms with Gasteiger partial charge < -0.3 is 10.1 Å². The van der Waals surface area contributed by atoms with Crippen LogP contribution in [0, 0.1) is 0 Å². The summed E-state index contributed by atoms with van der Waals surface area (Å²) in [6, 6.07) is 6.26. The van der Waals surface area contributed by atoms with Crippen LogP contribution in [0.5, 0.6) is 5.75 Å². The van der Waals surface area contributed by atoms with Crippen molar-refractivity contribution in [3.05, 3.63) is 28.8 Å². The van der Waals surface area contributed by atoms with E-state index in [0.29, 0.717) is 6.04 Å². The SMILES string of the molecule is CCCCOc1ccc(Cl)cc1CNC(C)C. The van der Waals surface area contributed by atoms with Crippen molar-refractivity contribution in [2.75, 3.05) is 6.61 Å². The highest BCUT2D eigenvalue weighted by Gasteiger charge is 2.05. The lowest BCUT2D eigenvalue weighted by atomic mass is 10.2. The molecule has 0 saturated carbocycles. The molecule has 0 aliphatic heterocycles. The van der Waals surface area contributed by atoms with Gasteiger partial charge >= 0.3 is 0 Å². The second kappa shape index (κ2) is 7.57. The van der Waals surface area contributed by atoms with E-state index in [-0.39, 0.29) is 0 Å². The number of unbranched alkanes of at least 4 members (excludes halogenated alkanes) is 1. The quantitative estimate of drug-likeness (QED) is 0.743. The highest BCUT2D eigenvalue weighted by atomic mass is 35.5. The van der Waals surface area contributed by atoms with E-state index in [1.54, 1.807) is 0 Å². The van der Waals surface area contributed by atoms with Gasteiger partial charge in [0.25, 0.3) is 0 Å². The second-order valence-electron chi connectivity index (χ2n) is 4.49. The molecular weight excluding hydrogens is 234 g/mol. The first-order valence-corrected chi connectivity index (χ1v) is 6.66. The molecule has 0 aromatic heterocycles. The fourth-order valence-corrected chi connectivity index (χ4v) is 1.66. The van der Waals surface area contributed by atoms with Gasteiger partial charge in [0.2, 0.25) is 0 Å². The minimum Gasteiger partial charge on any atom is -0.493 e. The number of hydrogen-bond acceptors (Lipinski definition) is 2. The lowest BCUT2D eigenvalue weighted by molar-refractivity contribution is 0.305. The summed E-state index contributed by atoms with van der Waals surface area (Å²) in [5, 5.41) is 4.14. The Balaban J connectivity index is 2.66. The second-order valence-corrected chi connectivity index (χ2v) is 4.93. The van der Waals surface area contributed by atoms with Gasteiger partial charge in [-0.3, -0.25) is 0 Å². The lowest BCUT2D eigenvalue weighted by Gasteiger charge is -2.14. The molecule has 17 heavy (non-hydrogen) atoms. The van der Waals surface area contributed by atoms with Crippen LogP contribution in [0.15, 0.2) is 18.2 Å². The van der Waals surface area contributed by atoms with Crippen molar-refractivity contribution < 1.29 is 4.74 Å². The molecular formula is C14H22ClNO. The van der Waals surface area contributed by atoms with Crippen molar-refractivity contribution >= 4 is 11.6 Å². The molecule has 0 bridgehead atoms. The van der Waals surface area contributed by atoms with Gasteiger partial charge in [-0.05, 0) is 24.6 Å². The summed E-state index contributed by atoms with van der Waals surface area (Å²) in [5.74, 6) is 0.941. The fraction of sp³-hybridized carbons (Fsp3) is 0.571. The molecule has 1 N–H and O–H groups in total. The summed E-state index contributed by atoms with van der Waals surface area (Å²) in [6.07, 6.45) is 2.23. The van der Waals surface area contributed by atoms with E-state index in [9.17, 15) is 0 Å². The van der Waals surface area contributed by atoms with Gasteiger partial charge in [-0.15, -0.1) is 0 Å². The third-order valence-electron chi connectivity index (χ3n) is 2.48. The topological polar surface area (TPSA) is 21.3 Å². The van der Waals surface area contributed by atoms with Gasteiger partial charge in [0, 0.05) is 23.2 Å². The van der Waals surface area contributed by atoms with Crippen molar-refractivity contribution in [1.29, 1.82) is 0 Å². The van der Waals surface area contributed by atoms with Gasteiger partial charge in [-0.25, -0.2) is 0 Å². The Morgan fingerprint density at radius 1 is 1.35 bits per heavy atom. The largest absolute Gasteiger partial charge is 0.493 e. The highest BCUT2D eigenvalue weighted by Crippen LogP contribution is 2.23. The van der Waals surface area contributed by atoms with E-state index in [1.165, 1.54) is 0 Å². The number of benzene rings is 1. The first-order valence-electron chi connectivity index (χ1n) is 6.28. The normalized spacial score (nSPS) is 10.9. The molecule has 1 aromatic rings. The molecule has 0 heterocycles. The van der Waals surface area contributed by atoms with Crippen LogP contribution in [0.2, 0.25) is 5.02 Å². The zero-order chi connectivity index (χ0) is 12.7. The smallest absolute Gasteiger partial charge is 0.123 e. The van der Waals surface area contributed by atoms with Crippen molar-refractivity contribution in [2.45, 2.75) is 46.2 Å². The van der Waals surface area contributed by atoms with E-state index >= 15 is 0 Å². The average molecular weight is 256 g/mol. The average Bonchev–Trinajstić information content (AvgIpc) is 2.29. The molecule has 1 rings (SSSR count). The molecule has 0 aliphatic rings. The van der Waals surface area contributed by atoms with Crippen LogP contribution >= 0.6 is 11.6 Å². The van der Waals surface area contributed by atoms with Crippen LogP contribution in [-0.2, 0) is 6.54 Å². The summed E-state index contributed by atoms with van der Waals surface area (Å²) < 4.78 is 5.77. The predicted molar refractivity (Wildman–Crippen MR) is 73.8 cm³/mol. The summed E-state index contributed by atoms with van der Waals surface area (Å²) in [4.78, 5) is 0. The third-order valence-corrected chi connectivity index (χ3v) is 2.71. The van der Waals surface area contributed by atoms with Gasteiger partial charge in [-0.2, -0.15) is 0 Å². The molecule has 0 amide bonds. The number of nitrogens with one attached hydrogen (secondary N) is 1. The highest BCUT2D eigenvalue weighted by molar-refractivity contribution is 6.30. The maximum atomic E-state index is 6.01. The third kappa shape index (κ3) is 5.42. The molecule has 0 saturated heterocycles. The molecule has 1 aromatic carbocycles. The maximum Gasteiger partial charge on any atom is 0.123 e. The molecule has 0 unspecified atom stereocenters. The van der Waals surface area contributed by atoms with Crippen LogP contribution in [0.25, 0.3) is 0 Å². The zero-order valence-electron chi connectivity index (χ0n) is 10.9. The van der Waals surface area contributed by atoms with Gasteiger partial charge in [0.1, 0.15) is 5.75 Å². The zero-order valence-corrected chi connectivity index (χ0v) is 11.7. The lowest BCUT2D eigenvalue weighted by Crippen LogP contribution is -2.22. The number of rotatable bonds is 7. The number of halogens is 1. The van der Waals surface area contributed by atoms with E-state index in [1.807, 2.05) is 18.2 Å². The van der Waals surface area contributed by atoms with Gasteiger partial charge in [-0.1, -0.05) is 38.8 Å². The summed E-state index contributed by atoms with van der Waals surface area (Å²) >= 11 is 6.01. The first-order chi connectivity index (χ1) is 8.13. The van der Waals surface area contributed by atoms with Crippen LogP contribution in [0.1, 0.15) is 39.2 Å². The molecule has 0 aliphatic carbocycles. The van der Waals surface area contributed by atoms with Crippen LogP contribution in [0.4, 0.5) is 0 Å². The molecule has 2 nitrogen and oxygen atoms in total. The maximum absolute atomic E-state index is 6.01. The Hall–Kier alpha value is -0.730. The Morgan fingerprint density at radius 2 is 2.12 bits per heavy atom. The number of ether oxygens (including phenoxy) is 1.